The first-order valence-electron chi connectivity index (χ1n) is 9.82. The van der Waals surface area contributed by atoms with Crippen LogP contribution in [0.25, 0.3) is 22.0 Å². The molecule has 170 valence electrons. The highest BCUT2D eigenvalue weighted by molar-refractivity contribution is 7.91. The quantitative estimate of drug-likeness (QED) is 0.383. The van der Waals surface area contributed by atoms with E-state index in [1.807, 2.05) is 0 Å². The zero-order valence-corrected chi connectivity index (χ0v) is 19.8. The van der Waals surface area contributed by atoms with Gasteiger partial charge in [-0.25, -0.2) is 22.0 Å². The topological polar surface area (TPSA) is 127 Å². The monoisotopic (exact) mass is 502 g/mol. The first-order valence-corrected chi connectivity index (χ1v) is 13.4. The highest BCUT2D eigenvalue weighted by Gasteiger charge is 2.18. The van der Waals surface area contributed by atoms with E-state index in [1.165, 1.54) is 12.1 Å². The predicted molar refractivity (Wildman–Crippen MR) is 128 cm³/mol. The van der Waals surface area contributed by atoms with Gasteiger partial charge in [-0.15, -0.1) is 0 Å². The predicted octanol–water partition coefficient (Wildman–Crippen LogP) is 4.16. The SMILES string of the molecule is CCS(=O)(=O)c1ccc(-c2c[nH]c3cc(C(=O)c4ccc(Cl)c(S(N)(=O)=O)c4)ccc23)cc1. The van der Waals surface area contributed by atoms with Crippen molar-refractivity contribution in [3.8, 4) is 11.1 Å². The van der Waals surface area contributed by atoms with Crippen LogP contribution >= 0.6 is 11.6 Å². The van der Waals surface area contributed by atoms with Crippen molar-refractivity contribution >= 4 is 48.1 Å². The molecule has 0 unspecified atom stereocenters. The molecule has 0 aliphatic heterocycles. The zero-order chi connectivity index (χ0) is 24.0. The molecule has 0 saturated heterocycles. The third-order valence-corrected chi connectivity index (χ3v) is 8.49. The number of carbonyl (C=O) groups is 1. The number of benzene rings is 3. The standard InChI is InChI=1S/C23H19ClN2O5S2/c1-2-32(28,29)17-7-3-14(4-8-17)19-13-26-21-11-15(5-9-18(19)21)23(27)16-6-10-20(24)22(12-16)33(25,30)31/h3-13,26H,2H2,1H3,(H2,25,30,31). The number of fused-ring (bicyclic) bond motifs is 1. The molecule has 33 heavy (non-hydrogen) atoms. The van der Waals surface area contributed by atoms with E-state index in [0.717, 1.165) is 22.6 Å². The van der Waals surface area contributed by atoms with E-state index < -0.39 is 19.9 Å². The lowest BCUT2D eigenvalue weighted by Gasteiger charge is -2.07. The Kier molecular flexibility index (Phi) is 5.92. The Morgan fingerprint density at radius 2 is 1.58 bits per heavy atom. The lowest BCUT2D eigenvalue weighted by atomic mass is 10.00. The van der Waals surface area contributed by atoms with E-state index in [0.29, 0.717) is 11.1 Å². The Morgan fingerprint density at radius 3 is 2.21 bits per heavy atom. The maximum atomic E-state index is 13.0. The average molecular weight is 503 g/mol. The normalized spacial score (nSPS) is 12.2. The summed E-state index contributed by atoms with van der Waals surface area (Å²) >= 11 is 5.90. The van der Waals surface area contributed by atoms with E-state index in [1.54, 1.807) is 55.6 Å². The summed E-state index contributed by atoms with van der Waals surface area (Å²) in [6, 6.07) is 15.7. The molecule has 7 nitrogen and oxygen atoms in total. The van der Waals surface area contributed by atoms with Crippen LogP contribution < -0.4 is 5.14 Å². The molecule has 0 saturated carbocycles. The molecule has 0 bridgehead atoms. The smallest absolute Gasteiger partial charge is 0.239 e. The third-order valence-electron chi connectivity index (χ3n) is 5.35. The molecule has 0 spiro atoms. The number of aromatic nitrogens is 1. The summed E-state index contributed by atoms with van der Waals surface area (Å²) in [5.41, 5.74) is 2.87. The van der Waals surface area contributed by atoms with Gasteiger partial charge in [-0.3, -0.25) is 4.79 Å². The molecule has 1 heterocycles. The molecule has 0 aliphatic carbocycles. The summed E-state index contributed by atoms with van der Waals surface area (Å²) in [5.74, 6) is -0.355. The van der Waals surface area contributed by atoms with E-state index in [9.17, 15) is 21.6 Å². The van der Waals surface area contributed by atoms with Crippen molar-refractivity contribution < 1.29 is 21.6 Å². The molecule has 0 radical (unpaired) electrons. The lowest BCUT2D eigenvalue weighted by Crippen LogP contribution is -2.14. The highest BCUT2D eigenvalue weighted by atomic mass is 35.5. The van der Waals surface area contributed by atoms with Gasteiger partial charge in [0.1, 0.15) is 4.90 Å². The van der Waals surface area contributed by atoms with Crippen molar-refractivity contribution in [2.45, 2.75) is 16.7 Å². The average Bonchev–Trinajstić information content (AvgIpc) is 3.21. The molecule has 0 fully saturated rings. The number of sulfone groups is 1. The molecule has 4 aromatic rings. The number of aromatic amines is 1. The first kappa shape index (κ1) is 23.2. The van der Waals surface area contributed by atoms with Crippen LogP contribution in [0, 0.1) is 0 Å². The van der Waals surface area contributed by atoms with Gasteiger partial charge in [0.15, 0.2) is 15.6 Å². The second-order valence-electron chi connectivity index (χ2n) is 7.41. The first-order chi connectivity index (χ1) is 15.5. The summed E-state index contributed by atoms with van der Waals surface area (Å²) < 4.78 is 47.5. The van der Waals surface area contributed by atoms with Crippen molar-refractivity contribution in [1.82, 2.24) is 4.98 Å². The Labute approximate surface area is 196 Å². The molecule has 1 aromatic heterocycles. The number of H-pyrrole nitrogens is 1. The van der Waals surface area contributed by atoms with E-state index in [-0.39, 0.29) is 31.9 Å². The molecule has 0 atom stereocenters. The minimum atomic E-state index is -4.08. The molecule has 4 rings (SSSR count). The number of nitrogens with one attached hydrogen (secondary N) is 1. The van der Waals surface area contributed by atoms with Crippen LogP contribution in [0.2, 0.25) is 5.02 Å². The van der Waals surface area contributed by atoms with Crippen LogP contribution in [0.3, 0.4) is 0 Å². The van der Waals surface area contributed by atoms with Gasteiger partial charge >= 0.3 is 0 Å². The summed E-state index contributed by atoms with van der Waals surface area (Å²) in [6.45, 7) is 1.60. The molecule has 3 aromatic carbocycles. The minimum absolute atomic E-state index is 0.0303. The summed E-state index contributed by atoms with van der Waals surface area (Å²) in [7, 11) is -7.36. The number of halogens is 1. The summed E-state index contributed by atoms with van der Waals surface area (Å²) in [5, 5.41) is 5.96. The van der Waals surface area contributed by atoms with E-state index >= 15 is 0 Å². The van der Waals surface area contributed by atoms with E-state index in [4.69, 9.17) is 16.7 Å². The number of rotatable bonds is 6. The maximum absolute atomic E-state index is 13.0. The van der Waals surface area contributed by atoms with Crippen LogP contribution in [0.5, 0.6) is 0 Å². The molecule has 0 amide bonds. The molecular weight excluding hydrogens is 484 g/mol. The fourth-order valence-electron chi connectivity index (χ4n) is 3.54. The fourth-order valence-corrected chi connectivity index (χ4v) is 5.50. The van der Waals surface area contributed by atoms with Crippen molar-refractivity contribution in [1.29, 1.82) is 0 Å². The molecule has 10 heteroatoms. The van der Waals surface area contributed by atoms with Crippen LogP contribution in [0.1, 0.15) is 22.8 Å². The largest absolute Gasteiger partial charge is 0.361 e. The van der Waals surface area contributed by atoms with Gasteiger partial charge in [-0.2, -0.15) is 0 Å². The fraction of sp³-hybridized carbons (Fsp3) is 0.0870. The number of hydrogen-bond donors (Lipinski definition) is 2. The highest BCUT2D eigenvalue weighted by Crippen LogP contribution is 2.31. The van der Waals surface area contributed by atoms with Crippen molar-refractivity contribution in [3.63, 3.8) is 0 Å². The summed E-state index contributed by atoms with van der Waals surface area (Å²) in [4.78, 5) is 16.0. The van der Waals surface area contributed by atoms with Gasteiger partial charge in [0.05, 0.1) is 15.7 Å². The Bertz CT molecular complexity index is 1610. The third kappa shape index (κ3) is 4.45. The zero-order valence-electron chi connectivity index (χ0n) is 17.4. The Hall–Kier alpha value is -2.98. The minimum Gasteiger partial charge on any atom is -0.361 e. The van der Waals surface area contributed by atoms with Gasteiger partial charge in [0.25, 0.3) is 0 Å². The van der Waals surface area contributed by atoms with Crippen LogP contribution in [-0.2, 0) is 19.9 Å². The van der Waals surface area contributed by atoms with Gasteiger partial charge in [0.2, 0.25) is 10.0 Å². The number of primary sulfonamides is 1. The van der Waals surface area contributed by atoms with Crippen LogP contribution in [0.15, 0.2) is 76.7 Å². The van der Waals surface area contributed by atoms with Crippen LogP contribution in [-0.4, -0.2) is 33.4 Å². The van der Waals surface area contributed by atoms with Gasteiger partial charge < -0.3 is 4.98 Å². The Balaban J connectivity index is 1.70. The summed E-state index contributed by atoms with van der Waals surface area (Å²) in [6.07, 6.45) is 1.78. The Morgan fingerprint density at radius 1 is 0.939 bits per heavy atom. The number of hydrogen-bond acceptors (Lipinski definition) is 5. The number of sulfonamides is 1. The lowest BCUT2D eigenvalue weighted by molar-refractivity contribution is 0.103. The van der Waals surface area contributed by atoms with Gasteiger partial charge in [-0.05, 0) is 42.0 Å². The number of ketones is 1. The van der Waals surface area contributed by atoms with Crippen molar-refractivity contribution in [2.24, 2.45) is 5.14 Å². The second-order valence-corrected chi connectivity index (χ2v) is 11.6. The maximum Gasteiger partial charge on any atom is 0.239 e. The van der Waals surface area contributed by atoms with Crippen molar-refractivity contribution in [3.05, 3.63) is 83.0 Å². The van der Waals surface area contributed by atoms with Gasteiger partial charge in [-0.1, -0.05) is 42.8 Å². The van der Waals surface area contributed by atoms with E-state index in [2.05, 4.69) is 4.98 Å². The molecular formula is C23H19ClN2O5S2. The number of carbonyl (C=O) groups excluding carboxylic acids is 1. The second kappa shape index (κ2) is 8.42. The molecule has 3 N–H and O–H groups in total. The van der Waals surface area contributed by atoms with Crippen LogP contribution in [0.4, 0.5) is 0 Å². The number of nitrogens with two attached hydrogens (primary N) is 1. The van der Waals surface area contributed by atoms with Crippen molar-refractivity contribution in [2.75, 3.05) is 5.75 Å². The molecule has 0 aliphatic rings. The van der Waals surface area contributed by atoms with Gasteiger partial charge in [0, 0.05) is 33.8 Å².